The van der Waals surface area contributed by atoms with Gasteiger partial charge in [0.2, 0.25) is 5.91 Å². The molecule has 2 N–H and O–H groups in total. The van der Waals surface area contributed by atoms with E-state index in [1.807, 2.05) is 38.1 Å². The minimum Gasteiger partial charge on any atom is -0.481 e. The van der Waals surface area contributed by atoms with Crippen LogP contribution in [0.25, 0.3) is 0 Å². The lowest BCUT2D eigenvalue weighted by Gasteiger charge is -2.28. The second-order valence-corrected chi connectivity index (χ2v) is 6.28. The minimum atomic E-state index is -0.775. The van der Waals surface area contributed by atoms with Gasteiger partial charge >= 0.3 is 5.97 Å². The second kappa shape index (κ2) is 7.43. The van der Waals surface area contributed by atoms with Crippen molar-refractivity contribution in [1.82, 2.24) is 5.32 Å². The van der Waals surface area contributed by atoms with Crippen LogP contribution in [-0.4, -0.2) is 17.0 Å². The number of carboxylic acid groups (broad SMARTS) is 1. The number of carboxylic acids is 1. The average molecular weight is 303 g/mol. The summed E-state index contributed by atoms with van der Waals surface area (Å²) in [6, 6.07) is 8.18. The van der Waals surface area contributed by atoms with Gasteiger partial charge in [-0.3, -0.25) is 9.59 Å². The number of amides is 1. The molecule has 1 aromatic rings. The van der Waals surface area contributed by atoms with Gasteiger partial charge in [-0.1, -0.05) is 43.2 Å². The molecular weight excluding hydrogens is 278 g/mol. The van der Waals surface area contributed by atoms with E-state index >= 15 is 0 Å². The molecule has 0 aromatic heterocycles. The highest BCUT2D eigenvalue weighted by Gasteiger charge is 2.31. The average Bonchev–Trinajstić information content (AvgIpc) is 2.53. The van der Waals surface area contributed by atoms with Crippen molar-refractivity contribution < 1.29 is 14.7 Å². The van der Waals surface area contributed by atoms with Crippen molar-refractivity contribution in [3.8, 4) is 0 Å². The van der Waals surface area contributed by atoms with Crippen molar-refractivity contribution in [2.45, 2.75) is 52.0 Å². The van der Waals surface area contributed by atoms with Crippen molar-refractivity contribution >= 4 is 11.9 Å². The lowest BCUT2D eigenvalue weighted by Crippen LogP contribution is -2.37. The molecule has 0 aliphatic heterocycles. The topological polar surface area (TPSA) is 66.4 Å². The number of benzene rings is 1. The Balaban J connectivity index is 1.99. The van der Waals surface area contributed by atoms with Crippen molar-refractivity contribution in [3.05, 3.63) is 35.4 Å². The van der Waals surface area contributed by atoms with Crippen LogP contribution < -0.4 is 5.32 Å². The maximum Gasteiger partial charge on any atom is 0.306 e. The van der Waals surface area contributed by atoms with Crippen molar-refractivity contribution in [1.29, 1.82) is 0 Å². The summed E-state index contributed by atoms with van der Waals surface area (Å²) < 4.78 is 0. The van der Waals surface area contributed by atoms with E-state index in [1.54, 1.807) is 0 Å². The molecule has 22 heavy (non-hydrogen) atoms. The van der Waals surface area contributed by atoms with Gasteiger partial charge in [0.15, 0.2) is 0 Å². The van der Waals surface area contributed by atoms with Crippen LogP contribution in [0.3, 0.4) is 0 Å². The Morgan fingerprint density at radius 2 is 1.86 bits per heavy atom. The molecule has 120 valence electrons. The fourth-order valence-corrected chi connectivity index (χ4v) is 3.16. The molecule has 3 atom stereocenters. The third-order valence-corrected chi connectivity index (χ3v) is 4.60. The van der Waals surface area contributed by atoms with E-state index in [1.165, 1.54) is 5.56 Å². The molecule has 4 nitrogen and oxygen atoms in total. The lowest BCUT2D eigenvalue weighted by atomic mass is 9.81. The van der Waals surface area contributed by atoms with E-state index in [0.29, 0.717) is 12.8 Å². The van der Waals surface area contributed by atoms with E-state index in [9.17, 15) is 9.59 Å². The van der Waals surface area contributed by atoms with Crippen molar-refractivity contribution in [2.75, 3.05) is 0 Å². The number of nitrogens with one attached hydrogen (secondary N) is 1. The number of carbonyl (C=O) groups is 2. The van der Waals surface area contributed by atoms with Crippen LogP contribution in [0.1, 0.15) is 56.2 Å². The van der Waals surface area contributed by atoms with E-state index in [4.69, 9.17) is 5.11 Å². The molecule has 1 aliphatic carbocycles. The predicted octanol–water partition coefficient (Wildman–Crippen LogP) is 3.45. The largest absolute Gasteiger partial charge is 0.481 e. The van der Waals surface area contributed by atoms with E-state index in [-0.39, 0.29) is 23.8 Å². The highest BCUT2D eigenvalue weighted by Crippen LogP contribution is 2.30. The fourth-order valence-electron chi connectivity index (χ4n) is 3.16. The first-order chi connectivity index (χ1) is 10.5. The Hall–Kier alpha value is -1.84. The van der Waals surface area contributed by atoms with Gasteiger partial charge in [-0.15, -0.1) is 0 Å². The molecule has 1 saturated carbocycles. The van der Waals surface area contributed by atoms with Gasteiger partial charge in [0.1, 0.15) is 0 Å². The molecule has 0 saturated heterocycles. The van der Waals surface area contributed by atoms with E-state index < -0.39 is 5.97 Å². The summed E-state index contributed by atoms with van der Waals surface area (Å²) in [5.74, 6) is -1.32. The van der Waals surface area contributed by atoms with Crippen LogP contribution in [0.2, 0.25) is 0 Å². The van der Waals surface area contributed by atoms with Gasteiger partial charge in [0.05, 0.1) is 12.0 Å². The second-order valence-electron chi connectivity index (χ2n) is 6.28. The summed E-state index contributed by atoms with van der Waals surface area (Å²) in [4.78, 5) is 23.6. The Labute approximate surface area is 131 Å². The van der Waals surface area contributed by atoms with Gasteiger partial charge in [0.25, 0.3) is 0 Å². The standard InChI is InChI=1S/C18H25NO3/c1-3-16(13-9-7-12(2)8-10-13)19-17(20)14-5-4-6-15(11-14)18(21)22/h7-10,14-16H,3-6,11H2,1-2H3,(H,19,20)(H,21,22). The van der Waals surface area contributed by atoms with Crippen molar-refractivity contribution in [3.63, 3.8) is 0 Å². The Kier molecular flexibility index (Phi) is 5.58. The van der Waals surface area contributed by atoms with E-state index in [2.05, 4.69) is 5.32 Å². The molecule has 0 heterocycles. The predicted molar refractivity (Wildman–Crippen MR) is 85.4 cm³/mol. The monoisotopic (exact) mass is 303 g/mol. The normalized spacial score (nSPS) is 22.8. The summed E-state index contributed by atoms with van der Waals surface area (Å²) in [6.45, 7) is 4.09. The zero-order valence-electron chi connectivity index (χ0n) is 13.3. The van der Waals surface area contributed by atoms with Crippen LogP contribution in [-0.2, 0) is 9.59 Å². The van der Waals surface area contributed by atoms with Crippen LogP contribution in [0.15, 0.2) is 24.3 Å². The summed E-state index contributed by atoms with van der Waals surface area (Å²) >= 11 is 0. The van der Waals surface area contributed by atoms with Gasteiger partial charge < -0.3 is 10.4 Å². The molecule has 0 radical (unpaired) electrons. The van der Waals surface area contributed by atoms with E-state index in [0.717, 1.165) is 24.8 Å². The Morgan fingerprint density at radius 3 is 2.45 bits per heavy atom. The van der Waals surface area contributed by atoms with Gasteiger partial charge in [-0.25, -0.2) is 0 Å². The molecule has 0 bridgehead atoms. The first kappa shape index (κ1) is 16.5. The minimum absolute atomic E-state index is 0.00150. The van der Waals surface area contributed by atoms with Gasteiger partial charge in [0, 0.05) is 5.92 Å². The maximum atomic E-state index is 12.5. The Bertz CT molecular complexity index is 524. The SMILES string of the molecule is CCC(NC(=O)C1CCCC(C(=O)O)C1)c1ccc(C)cc1. The number of hydrogen-bond acceptors (Lipinski definition) is 2. The van der Waals surface area contributed by atoms with Gasteiger partial charge in [-0.05, 0) is 38.2 Å². The van der Waals surface area contributed by atoms with Crippen LogP contribution >= 0.6 is 0 Å². The number of hydrogen-bond donors (Lipinski definition) is 2. The quantitative estimate of drug-likeness (QED) is 0.875. The molecule has 1 fully saturated rings. The molecular formula is C18H25NO3. The van der Waals surface area contributed by atoms with Crippen LogP contribution in [0.4, 0.5) is 0 Å². The molecule has 1 aliphatic rings. The summed E-state index contributed by atoms with van der Waals surface area (Å²) in [6.07, 6.45) is 3.58. The maximum absolute atomic E-state index is 12.5. The Morgan fingerprint density at radius 1 is 1.23 bits per heavy atom. The molecule has 1 amide bonds. The smallest absolute Gasteiger partial charge is 0.306 e. The van der Waals surface area contributed by atoms with Crippen LogP contribution in [0, 0.1) is 18.8 Å². The summed E-state index contributed by atoms with van der Waals surface area (Å²) in [7, 11) is 0. The highest BCUT2D eigenvalue weighted by molar-refractivity contribution is 5.80. The first-order valence-corrected chi connectivity index (χ1v) is 8.11. The first-order valence-electron chi connectivity index (χ1n) is 8.11. The third kappa shape index (κ3) is 4.09. The van der Waals surface area contributed by atoms with Crippen molar-refractivity contribution in [2.24, 2.45) is 11.8 Å². The molecule has 2 rings (SSSR count). The molecule has 3 unspecified atom stereocenters. The number of carbonyl (C=O) groups excluding carboxylic acids is 1. The zero-order valence-corrected chi connectivity index (χ0v) is 13.3. The molecule has 4 heteroatoms. The fraction of sp³-hybridized carbons (Fsp3) is 0.556. The number of aliphatic carboxylic acids is 1. The highest BCUT2D eigenvalue weighted by atomic mass is 16.4. The zero-order chi connectivity index (χ0) is 16.1. The van der Waals surface area contributed by atoms with Gasteiger partial charge in [-0.2, -0.15) is 0 Å². The number of rotatable bonds is 5. The number of aryl methyl sites for hydroxylation is 1. The third-order valence-electron chi connectivity index (χ3n) is 4.60. The van der Waals surface area contributed by atoms with Crippen LogP contribution in [0.5, 0.6) is 0 Å². The summed E-state index contributed by atoms with van der Waals surface area (Å²) in [5, 5.41) is 12.2. The molecule has 1 aromatic carbocycles. The lowest BCUT2D eigenvalue weighted by molar-refractivity contribution is -0.144. The summed E-state index contributed by atoms with van der Waals surface area (Å²) in [5.41, 5.74) is 2.30. The molecule has 0 spiro atoms.